The predicted octanol–water partition coefficient (Wildman–Crippen LogP) is 8.10. The van der Waals surface area contributed by atoms with E-state index < -0.39 is 23.1 Å². The van der Waals surface area contributed by atoms with Crippen molar-refractivity contribution >= 4 is 17.7 Å². The van der Waals surface area contributed by atoms with Crippen LogP contribution in [0.5, 0.6) is 5.75 Å². The first-order chi connectivity index (χ1) is 18.1. The van der Waals surface area contributed by atoms with Crippen molar-refractivity contribution in [3.63, 3.8) is 0 Å². The zero-order chi connectivity index (χ0) is 27.4. The lowest BCUT2D eigenvalue weighted by Crippen LogP contribution is -2.43. The molecule has 200 valence electrons. The monoisotopic (exact) mass is 525 g/mol. The Balaban J connectivity index is 1.76. The summed E-state index contributed by atoms with van der Waals surface area (Å²) < 4.78 is 63.7. The Morgan fingerprint density at radius 3 is 2.47 bits per heavy atom. The van der Waals surface area contributed by atoms with Gasteiger partial charge < -0.3 is 4.74 Å². The molecule has 0 bridgehead atoms. The Morgan fingerprint density at radius 1 is 1.08 bits per heavy atom. The summed E-state index contributed by atoms with van der Waals surface area (Å²) in [6, 6.07) is 16.6. The lowest BCUT2D eigenvalue weighted by molar-refractivity contribution is -0.138. The molecule has 3 aromatic carbocycles. The van der Waals surface area contributed by atoms with Gasteiger partial charge in [-0.15, -0.1) is 0 Å². The molecule has 1 atom stereocenters. The number of alkyl halides is 3. The van der Waals surface area contributed by atoms with Crippen molar-refractivity contribution in [2.24, 2.45) is 0 Å². The summed E-state index contributed by atoms with van der Waals surface area (Å²) in [5.41, 5.74) is 1.66. The molecule has 0 N–H and O–H groups in total. The van der Waals surface area contributed by atoms with Gasteiger partial charge in [-0.2, -0.15) is 13.2 Å². The second-order valence-electron chi connectivity index (χ2n) is 9.68. The number of nitrogens with zero attached hydrogens (tertiary/aromatic N) is 1. The van der Waals surface area contributed by atoms with Crippen LogP contribution in [-0.2, 0) is 17.5 Å². The van der Waals surface area contributed by atoms with Gasteiger partial charge >= 0.3 is 6.18 Å². The highest BCUT2D eigenvalue weighted by Crippen LogP contribution is 2.41. The third-order valence-corrected chi connectivity index (χ3v) is 7.18. The molecule has 1 fully saturated rings. The molecule has 0 aromatic heterocycles. The van der Waals surface area contributed by atoms with Crippen LogP contribution in [0.3, 0.4) is 0 Å². The van der Waals surface area contributed by atoms with Crippen LogP contribution in [0, 0.1) is 6.92 Å². The molecular formula is C31H31F4NO2. The first kappa shape index (κ1) is 27.6. The molecule has 38 heavy (non-hydrogen) atoms. The molecule has 0 unspecified atom stereocenters. The smallest absolute Gasteiger partial charge is 0.417 e. The van der Waals surface area contributed by atoms with E-state index in [1.165, 1.54) is 14.0 Å². The fraction of sp³-hybridized carbons (Fsp3) is 0.323. The van der Waals surface area contributed by atoms with Crippen LogP contribution >= 0.6 is 0 Å². The highest BCUT2D eigenvalue weighted by atomic mass is 19.4. The maximum absolute atomic E-state index is 15.7. The topological polar surface area (TPSA) is 29.5 Å². The van der Waals surface area contributed by atoms with Crippen molar-refractivity contribution in [1.82, 2.24) is 4.90 Å². The van der Waals surface area contributed by atoms with Crippen molar-refractivity contribution < 1.29 is 27.1 Å². The van der Waals surface area contributed by atoms with Crippen molar-refractivity contribution in [1.29, 1.82) is 0 Å². The van der Waals surface area contributed by atoms with Gasteiger partial charge in [0.25, 0.3) is 0 Å². The van der Waals surface area contributed by atoms with E-state index >= 15 is 4.39 Å². The number of piperidine rings is 1. The van der Waals surface area contributed by atoms with Gasteiger partial charge in [0.15, 0.2) is 0 Å². The van der Waals surface area contributed by atoms with E-state index in [1.54, 1.807) is 12.1 Å². The van der Waals surface area contributed by atoms with Gasteiger partial charge in [0.05, 0.1) is 18.7 Å². The number of carbonyl (C=O) groups is 1. The van der Waals surface area contributed by atoms with Crippen LogP contribution in [0.25, 0.3) is 23.0 Å². The van der Waals surface area contributed by atoms with E-state index in [9.17, 15) is 18.0 Å². The standard InChI is InChI=1S/C31H31F4NO2/c1-20-23(12-9-13-25(20)22-10-5-4-6-11-22)17-28(32)26-18-30(38-3)24(16-27(26)31(33,34)35)19-36-15-8-7-14-29(36)21(2)37/h4-6,9-13,16-18,29H,7-8,14-15,19H2,1-3H3/b28-17-/t29-/m0/s1. The van der Waals surface area contributed by atoms with Crippen LogP contribution in [0.1, 0.15) is 54.0 Å². The second-order valence-corrected chi connectivity index (χ2v) is 9.68. The Labute approximate surface area is 220 Å². The van der Waals surface area contributed by atoms with Crippen LogP contribution in [0.15, 0.2) is 60.7 Å². The lowest BCUT2D eigenvalue weighted by Gasteiger charge is -2.34. The molecule has 1 aliphatic rings. The van der Waals surface area contributed by atoms with Gasteiger partial charge in [-0.3, -0.25) is 9.69 Å². The Kier molecular flexibility index (Phi) is 8.36. The number of ketones is 1. The number of hydrogen-bond donors (Lipinski definition) is 0. The highest BCUT2D eigenvalue weighted by Gasteiger charge is 2.36. The molecule has 3 aromatic rings. The molecule has 1 aliphatic heterocycles. The molecule has 4 rings (SSSR count). The lowest BCUT2D eigenvalue weighted by atomic mass is 9.94. The molecule has 0 spiro atoms. The van der Waals surface area contributed by atoms with Gasteiger partial charge in [-0.25, -0.2) is 4.39 Å². The van der Waals surface area contributed by atoms with Gasteiger partial charge in [0, 0.05) is 17.7 Å². The molecular weight excluding hydrogens is 494 g/mol. The summed E-state index contributed by atoms with van der Waals surface area (Å²) in [6.45, 7) is 4.03. The predicted molar refractivity (Wildman–Crippen MR) is 142 cm³/mol. The second kappa shape index (κ2) is 11.5. The zero-order valence-corrected chi connectivity index (χ0v) is 21.7. The minimum atomic E-state index is -4.79. The molecule has 0 radical (unpaired) electrons. The molecule has 7 heteroatoms. The summed E-state index contributed by atoms with van der Waals surface area (Å²) in [7, 11) is 1.35. The van der Waals surface area contributed by atoms with Gasteiger partial charge in [-0.05, 0) is 73.7 Å². The maximum atomic E-state index is 15.7. The van der Waals surface area contributed by atoms with E-state index in [0.717, 1.165) is 47.7 Å². The van der Waals surface area contributed by atoms with Crippen molar-refractivity contribution in [2.45, 2.75) is 51.9 Å². The van der Waals surface area contributed by atoms with E-state index in [1.807, 2.05) is 48.2 Å². The number of ether oxygens (including phenoxy) is 1. The number of halogens is 4. The average Bonchev–Trinajstić information content (AvgIpc) is 2.89. The number of Topliss-reactive ketones (excluding diaryl/α,β-unsaturated/α-hetero) is 1. The van der Waals surface area contributed by atoms with Crippen LogP contribution in [0.2, 0.25) is 0 Å². The number of benzene rings is 3. The number of rotatable bonds is 7. The summed E-state index contributed by atoms with van der Waals surface area (Å²) in [4.78, 5) is 14.0. The quantitative estimate of drug-likeness (QED) is 0.231. The van der Waals surface area contributed by atoms with Crippen molar-refractivity contribution in [3.8, 4) is 16.9 Å². The minimum absolute atomic E-state index is 0.0154. The molecule has 0 amide bonds. The Morgan fingerprint density at radius 2 is 1.82 bits per heavy atom. The molecule has 1 heterocycles. The minimum Gasteiger partial charge on any atom is -0.496 e. The van der Waals surface area contributed by atoms with Crippen molar-refractivity contribution in [3.05, 3.63) is 88.5 Å². The highest BCUT2D eigenvalue weighted by molar-refractivity contribution is 5.83. The molecule has 0 saturated carbocycles. The van der Waals surface area contributed by atoms with E-state index in [0.29, 0.717) is 18.5 Å². The van der Waals surface area contributed by atoms with Gasteiger partial charge in [0.2, 0.25) is 0 Å². The van der Waals surface area contributed by atoms with Crippen LogP contribution < -0.4 is 4.74 Å². The third-order valence-electron chi connectivity index (χ3n) is 7.18. The van der Waals surface area contributed by atoms with Gasteiger partial charge in [0.1, 0.15) is 17.4 Å². The zero-order valence-electron chi connectivity index (χ0n) is 21.7. The Bertz CT molecular complexity index is 1330. The van der Waals surface area contributed by atoms with Gasteiger partial charge in [-0.1, -0.05) is 55.0 Å². The van der Waals surface area contributed by atoms with Crippen molar-refractivity contribution in [2.75, 3.05) is 13.7 Å². The number of methoxy groups -OCH3 is 1. The fourth-order valence-electron chi connectivity index (χ4n) is 5.18. The van der Waals surface area contributed by atoms with E-state index in [-0.39, 0.29) is 29.7 Å². The van der Waals surface area contributed by atoms with E-state index in [2.05, 4.69) is 0 Å². The first-order valence-corrected chi connectivity index (χ1v) is 12.7. The normalized spacial score (nSPS) is 16.9. The SMILES string of the molecule is COc1cc(/C(F)=C/c2cccc(-c3ccccc3)c2C)c(C(F)(F)F)cc1CN1CCCC[C@H]1C(C)=O. The summed E-state index contributed by atoms with van der Waals surface area (Å²) >= 11 is 0. The molecule has 0 aliphatic carbocycles. The largest absolute Gasteiger partial charge is 0.496 e. The van der Waals surface area contributed by atoms with Crippen LogP contribution in [-0.4, -0.2) is 30.4 Å². The number of carbonyl (C=O) groups excluding carboxylic acids is 1. The molecule has 3 nitrogen and oxygen atoms in total. The summed E-state index contributed by atoms with van der Waals surface area (Å²) in [5, 5.41) is 0. The summed E-state index contributed by atoms with van der Waals surface area (Å²) in [6.07, 6.45) is -1.23. The third kappa shape index (κ3) is 5.99. The number of hydrogen-bond acceptors (Lipinski definition) is 3. The average molecular weight is 526 g/mol. The maximum Gasteiger partial charge on any atom is 0.417 e. The first-order valence-electron chi connectivity index (χ1n) is 12.7. The summed E-state index contributed by atoms with van der Waals surface area (Å²) in [5.74, 6) is -0.868. The number of likely N-dealkylation sites (tertiary alicyclic amines) is 1. The Hall–Kier alpha value is -3.45. The van der Waals surface area contributed by atoms with E-state index in [4.69, 9.17) is 4.74 Å². The van der Waals surface area contributed by atoms with Crippen LogP contribution in [0.4, 0.5) is 17.6 Å². The molecule has 1 saturated heterocycles. The fourth-order valence-corrected chi connectivity index (χ4v) is 5.18.